The molecule has 1 aliphatic rings. The summed E-state index contributed by atoms with van der Waals surface area (Å²) in [6, 6.07) is 1.83. The maximum Gasteiger partial charge on any atom is 0.227 e. The largest absolute Gasteiger partial charge is 0.359 e. The van der Waals surface area contributed by atoms with Gasteiger partial charge in [-0.15, -0.1) is 0 Å². The molecule has 0 unspecified atom stereocenters. The average Bonchev–Trinajstić information content (AvgIpc) is 2.83. The fourth-order valence-corrected chi connectivity index (χ4v) is 2.69. The Morgan fingerprint density at radius 3 is 2.79 bits per heavy atom. The third-order valence-corrected chi connectivity index (χ3v) is 4.20. The fraction of sp³-hybridized carbons (Fsp3) is 0.714. The van der Waals surface area contributed by atoms with Crippen molar-refractivity contribution in [1.82, 2.24) is 10.5 Å². The summed E-state index contributed by atoms with van der Waals surface area (Å²) in [5.74, 6) is 1.43. The first kappa shape index (κ1) is 14.1. The predicted octanol–water partition coefficient (Wildman–Crippen LogP) is 1.75. The maximum atomic E-state index is 12.4. The minimum Gasteiger partial charge on any atom is -0.359 e. The second-order valence-electron chi connectivity index (χ2n) is 5.78. The summed E-state index contributed by atoms with van der Waals surface area (Å²) >= 11 is 0. The predicted molar refractivity (Wildman–Crippen MR) is 72.2 cm³/mol. The molecular weight excluding hydrogens is 242 g/mol. The standard InChI is InChI=1S/C14H23N3O2/c1-10-3-5-14(9-15,6-4-10)13(18)16-8-12-7-11(2)17-19-12/h7,10H,3-6,8-9,15H2,1-2H3,(H,16,18). The van der Waals surface area contributed by atoms with Gasteiger partial charge in [0.2, 0.25) is 5.91 Å². The van der Waals surface area contributed by atoms with Crippen LogP contribution in [0.3, 0.4) is 0 Å². The maximum absolute atomic E-state index is 12.4. The number of aromatic nitrogens is 1. The van der Waals surface area contributed by atoms with E-state index >= 15 is 0 Å². The zero-order valence-corrected chi connectivity index (χ0v) is 11.7. The van der Waals surface area contributed by atoms with E-state index in [9.17, 15) is 4.79 Å². The normalized spacial score (nSPS) is 27.2. The van der Waals surface area contributed by atoms with Gasteiger partial charge in [0.15, 0.2) is 5.76 Å². The van der Waals surface area contributed by atoms with Gasteiger partial charge in [-0.2, -0.15) is 0 Å². The molecule has 3 N–H and O–H groups in total. The minimum absolute atomic E-state index is 0.0518. The van der Waals surface area contributed by atoms with Crippen molar-refractivity contribution in [3.05, 3.63) is 17.5 Å². The van der Waals surface area contributed by atoms with Crippen LogP contribution in [0.5, 0.6) is 0 Å². The molecule has 1 fully saturated rings. The van der Waals surface area contributed by atoms with Crippen LogP contribution in [0.15, 0.2) is 10.6 Å². The Hall–Kier alpha value is -1.36. The number of rotatable bonds is 4. The molecule has 0 saturated heterocycles. The van der Waals surface area contributed by atoms with Gasteiger partial charge >= 0.3 is 0 Å². The molecule has 1 heterocycles. The third-order valence-electron chi connectivity index (χ3n) is 4.20. The molecule has 0 radical (unpaired) electrons. The molecule has 2 rings (SSSR count). The Balaban J connectivity index is 1.93. The summed E-state index contributed by atoms with van der Waals surface area (Å²) in [4.78, 5) is 12.4. The highest BCUT2D eigenvalue weighted by Gasteiger charge is 2.39. The van der Waals surface area contributed by atoms with E-state index in [-0.39, 0.29) is 11.3 Å². The van der Waals surface area contributed by atoms with Crippen molar-refractivity contribution in [2.75, 3.05) is 6.54 Å². The van der Waals surface area contributed by atoms with Crippen molar-refractivity contribution in [2.45, 2.75) is 46.1 Å². The van der Waals surface area contributed by atoms with Gasteiger partial charge < -0.3 is 15.6 Å². The lowest BCUT2D eigenvalue weighted by molar-refractivity contribution is -0.133. The molecule has 1 saturated carbocycles. The average molecular weight is 265 g/mol. The monoisotopic (exact) mass is 265 g/mol. The number of hydrogen-bond acceptors (Lipinski definition) is 4. The number of nitrogens with one attached hydrogen (secondary N) is 1. The Kier molecular flexibility index (Phi) is 4.24. The van der Waals surface area contributed by atoms with Gasteiger partial charge in [0.25, 0.3) is 0 Å². The van der Waals surface area contributed by atoms with Gasteiger partial charge in [0.1, 0.15) is 0 Å². The van der Waals surface area contributed by atoms with Crippen LogP contribution in [0.2, 0.25) is 0 Å². The molecule has 1 amide bonds. The van der Waals surface area contributed by atoms with Crippen molar-refractivity contribution in [3.63, 3.8) is 0 Å². The Morgan fingerprint density at radius 1 is 1.58 bits per heavy atom. The van der Waals surface area contributed by atoms with Crippen LogP contribution in [0, 0.1) is 18.3 Å². The van der Waals surface area contributed by atoms with Crippen molar-refractivity contribution < 1.29 is 9.32 Å². The smallest absolute Gasteiger partial charge is 0.227 e. The first-order chi connectivity index (χ1) is 9.05. The van der Waals surface area contributed by atoms with Crippen molar-refractivity contribution in [1.29, 1.82) is 0 Å². The van der Waals surface area contributed by atoms with Crippen LogP contribution in [0.4, 0.5) is 0 Å². The summed E-state index contributed by atoms with van der Waals surface area (Å²) in [6.07, 6.45) is 3.91. The second kappa shape index (κ2) is 5.74. The molecule has 0 spiro atoms. The lowest BCUT2D eigenvalue weighted by Crippen LogP contribution is -2.47. The van der Waals surface area contributed by atoms with Gasteiger partial charge in [-0.05, 0) is 38.5 Å². The van der Waals surface area contributed by atoms with Crippen molar-refractivity contribution in [2.24, 2.45) is 17.1 Å². The van der Waals surface area contributed by atoms with E-state index in [0.717, 1.165) is 31.4 Å². The Bertz CT molecular complexity index is 434. The van der Waals surface area contributed by atoms with Crippen LogP contribution in [-0.2, 0) is 11.3 Å². The molecule has 19 heavy (non-hydrogen) atoms. The van der Waals surface area contributed by atoms with Gasteiger partial charge in [-0.3, -0.25) is 4.79 Å². The second-order valence-corrected chi connectivity index (χ2v) is 5.78. The van der Waals surface area contributed by atoms with Crippen molar-refractivity contribution >= 4 is 5.91 Å². The molecule has 5 heteroatoms. The lowest BCUT2D eigenvalue weighted by Gasteiger charge is -2.37. The lowest BCUT2D eigenvalue weighted by atomic mass is 9.70. The van der Waals surface area contributed by atoms with E-state index in [2.05, 4.69) is 17.4 Å². The highest BCUT2D eigenvalue weighted by Crippen LogP contribution is 2.38. The number of amides is 1. The molecule has 5 nitrogen and oxygen atoms in total. The van der Waals surface area contributed by atoms with E-state index < -0.39 is 0 Å². The first-order valence-electron chi connectivity index (χ1n) is 6.96. The van der Waals surface area contributed by atoms with Crippen LogP contribution in [-0.4, -0.2) is 17.6 Å². The third kappa shape index (κ3) is 3.15. The topological polar surface area (TPSA) is 81.2 Å². The number of aryl methyl sites for hydroxylation is 1. The number of hydrogen-bond donors (Lipinski definition) is 2. The summed E-state index contributed by atoms with van der Waals surface area (Å²) in [5.41, 5.74) is 6.30. The SMILES string of the molecule is Cc1cc(CNC(=O)C2(CN)CCC(C)CC2)on1. The van der Waals surface area contributed by atoms with Crippen molar-refractivity contribution in [3.8, 4) is 0 Å². The van der Waals surface area contributed by atoms with Gasteiger partial charge in [0.05, 0.1) is 17.7 Å². The minimum atomic E-state index is -0.387. The highest BCUT2D eigenvalue weighted by molar-refractivity contribution is 5.82. The fourth-order valence-electron chi connectivity index (χ4n) is 2.69. The van der Waals surface area contributed by atoms with Crippen LogP contribution in [0.1, 0.15) is 44.1 Å². The molecule has 0 aliphatic heterocycles. The zero-order valence-electron chi connectivity index (χ0n) is 11.7. The first-order valence-corrected chi connectivity index (χ1v) is 6.96. The molecule has 1 aromatic heterocycles. The summed E-state index contributed by atoms with van der Waals surface area (Å²) in [6.45, 7) is 4.90. The van der Waals surface area contributed by atoms with Gasteiger partial charge in [-0.25, -0.2) is 0 Å². The van der Waals surface area contributed by atoms with E-state index in [1.807, 2.05) is 13.0 Å². The number of nitrogens with two attached hydrogens (primary N) is 1. The van der Waals surface area contributed by atoms with Gasteiger partial charge in [-0.1, -0.05) is 12.1 Å². The Morgan fingerprint density at radius 2 is 2.26 bits per heavy atom. The van der Waals surface area contributed by atoms with Crippen LogP contribution < -0.4 is 11.1 Å². The molecule has 1 aromatic rings. The number of carbonyl (C=O) groups is 1. The zero-order chi connectivity index (χ0) is 13.9. The molecule has 0 atom stereocenters. The van der Waals surface area contributed by atoms with E-state index in [4.69, 9.17) is 10.3 Å². The van der Waals surface area contributed by atoms with Crippen LogP contribution >= 0.6 is 0 Å². The Labute approximate surface area is 113 Å². The summed E-state index contributed by atoms with van der Waals surface area (Å²) in [5, 5.41) is 6.74. The summed E-state index contributed by atoms with van der Waals surface area (Å²) in [7, 11) is 0. The molecule has 106 valence electrons. The van der Waals surface area contributed by atoms with Gasteiger partial charge in [0, 0.05) is 12.6 Å². The molecular formula is C14H23N3O2. The number of nitrogens with zero attached hydrogens (tertiary/aromatic N) is 1. The molecule has 0 aromatic carbocycles. The summed E-state index contributed by atoms with van der Waals surface area (Å²) < 4.78 is 5.09. The van der Waals surface area contributed by atoms with E-state index in [1.165, 1.54) is 0 Å². The van der Waals surface area contributed by atoms with E-state index in [1.54, 1.807) is 0 Å². The van der Waals surface area contributed by atoms with Crippen LogP contribution in [0.25, 0.3) is 0 Å². The highest BCUT2D eigenvalue weighted by atomic mass is 16.5. The quantitative estimate of drug-likeness (QED) is 0.869. The molecule has 0 bridgehead atoms. The number of carbonyl (C=O) groups excluding carboxylic acids is 1. The van der Waals surface area contributed by atoms with E-state index in [0.29, 0.717) is 24.8 Å². The molecule has 1 aliphatic carbocycles.